The molecule has 0 N–H and O–H groups in total. The number of carbonyl (C=O) groups is 2. The van der Waals surface area contributed by atoms with Crippen LogP contribution in [0.15, 0.2) is 24.3 Å². The number of hydrogen-bond acceptors (Lipinski definition) is 2. The summed E-state index contributed by atoms with van der Waals surface area (Å²) in [6.45, 7) is 3.70. The maximum Gasteiger partial charge on any atom is 0.237 e. The lowest BCUT2D eigenvalue weighted by Crippen LogP contribution is -2.37. The first kappa shape index (κ1) is 11.8. The van der Waals surface area contributed by atoms with E-state index in [1.807, 2.05) is 38.1 Å². The molecule has 1 amide bonds. The van der Waals surface area contributed by atoms with Crippen LogP contribution < -0.4 is 4.90 Å². The third-order valence-electron chi connectivity index (χ3n) is 3.58. The Kier molecular flexibility index (Phi) is 2.77. The maximum absolute atomic E-state index is 12.3. The minimum Gasteiger partial charge on any atom is -0.314 e. The van der Waals surface area contributed by atoms with Crippen LogP contribution in [0, 0.1) is 0 Å². The molecule has 0 saturated heterocycles. The fourth-order valence-corrected chi connectivity index (χ4v) is 2.52. The van der Waals surface area contributed by atoms with Crippen LogP contribution in [0.3, 0.4) is 0 Å². The van der Waals surface area contributed by atoms with E-state index in [1.165, 1.54) is 0 Å². The van der Waals surface area contributed by atoms with Crippen molar-refractivity contribution in [3.63, 3.8) is 0 Å². The van der Waals surface area contributed by atoms with Crippen molar-refractivity contribution >= 4 is 17.4 Å². The second-order valence-electron chi connectivity index (χ2n) is 4.78. The molecule has 1 heterocycles. The van der Waals surface area contributed by atoms with Gasteiger partial charge in [0.2, 0.25) is 5.91 Å². The highest BCUT2D eigenvalue weighted by atomic mass is 16.2. The first-order valence-corrected chi connectivity index (χ1v) is 5.90. The maximum atomic E-state index is 12.3. The van der Waals surface area contributed by atoms with Crippen LogP contribution in [-0.4, -0.2) is 18.7 Å². The normalized spacial score (nSPS) is 22.8. The number of nitrogens with zero attached hydrogens (tertiary/aromatic N) is 1. The highest BCUT2D eigenvalue weighted by molar-refractivity contribution is 6.09. The smallest absolute Gasteiger partial charge is 0.237 e. The molecular weight excluding hydrogens is 214 g/mol. The van der Waals surface area contributed by atoms with Gasteiger partial charge in [0.1, 0.15) is 5.78 Å². The Bertz CT molecular complexity index is 481. The molecule has 3 nitrogen and oxygen atoms in total. The third kappa shape index (κ3) is 1.66. The monoisotopic (exact) mass is 231 g/mol. The third-order valence-corrected chi connectivity index (χ3v) is 3.58. The molecule has 90 valence electrons. The van der Waals surface area contributed by atoms with Crippen molar-refractivity contribution in [1.82, 2.24) is 0 Å². The lowest BCUT2D eigenvalue weighted by atomic mass is 9.79. The summed E-state index contributed by atoms with van der Waals surface area (Å²) in [6.07, 6.45) is 0.776. The lowest BCUT2D eigenvalue weighted by molar-refractivity contribution is -0.127. The standard InChI is InChI=1S/C14H17NO2/c1-4-10(16)9-14(2)11-7-5-6-8-12(11)15(3)13(14)17/h5-8H,4,9H2,1-3H3. The summed E-state index contributed by atoms with van der Waals surface area (Å²) in [7, 11) is 1.77. The van der Waals surface area contributed by atoms with Gasteiger partial charge in [-0.2, -0.15) is 0 Å². The van der Waals surface area contributed by atoms with Crippen LogP contribution in [0.2, 0.25) is 0 Å². The molecule has 1 unspecified atom stereocenters. The number of fused-ring (bicyclic) bond motifs is 1. The molecule has 2 rings (SSSR count). The second kappa shape index (κ2) is 3.99. The Hall–Kier alpha value is -1.64. The minimum absolute atomic E-state index is 0.0144. The fourth-order valence-electron chi connectivity index (χ4n) is 2.52. The average Bonchev–Trinajstić information content (AvgIpc) is 2.53. The minimum atomic E-state index is -0.682. The predicted octanol–water partition coefficient (Wildman–Crippen LogP) is 2.29. The molecule has 3 heteroatoms. The van der Waals surface area contributed by atoms with Gasteiger partial charge in [-0.15, -0.1) is 0 Å². The number of benzene rings is 1. The Morgan fingerprint density at radius 1 is 1.35 bits per heavy atom. The van der Waals surface area contributed by atoms with E-state index in [4.69, 9.17) is 0 Å². The quantitative estimate of drug-likeness (QED) is 0.800. The zero-order chi connectivity index (χ0) is 12.6. The van der Waals surface area contributed by atoms with E-state index in [0.717, 1.165) is 11.3 Å². The highest BCUT2D eigenvalue weighted by Gasteiger charge is 2.46. The zero-order valence-corrected chi connectivity index (χ0v) is 10.5. The van der Waals surface area contributed by atoms with Gasteiger partial charge >= 0.3 is 0 Å². The first-order chi connectivity index (χ1) is 8.00. The summed E-state index contributed by atoms with van der Waals surface area (Å²) in [4.78, 5) is 25.6. The van der Waals surface area contributed by atoms with E-state index >= 15 is 0 Å². The van der Waals surface area contributed by atoms with Crippen molar-refractivity contribution in [1.29, 1.82) is 0 Å². The summed E-state index contributed by atoms with van der Waals surface area (Å²) in [5, 5.41) is 0. The van der Waals surface area contributed by atoms with Crippen molar-refractivity contribution in [2.75, 3.05) is 11.9 Å². The predicted molar refractivity (Wildman–Crippen MR) is 67.1 cm³/mol. The van der Waals surface area contributed by atoms with Gasteiger partial charge in [-0.1, -0.05) is 25.1 Å². The van der Waals surface area contributed by atoms with E-state index in [-0.39, 0.29) is 11.7 Å². The van der Waals surface area contributed by atoms with Crippen LogP contribution in [0.25, 0.3) is 0 Å². The summed E-state index contributed by atoms with van der Waals surface area (Å²) in [6, 6.07) is 7.70. The van der Waals surface area contributed by atoms with Crippen LogP contribution >= 0.6 is 0 Å². The van der Waals surface area contributed by atoms with Gasteiger partial charge in [0.05, 0.1) is 5.41 Å². The largest absolute Gasteiger partial charge is 0.314 e. The van der Waals surface area contributed by atoms with E-state index in [9.17, 15) is 9.59 Å². The molecule has 1 aliphatic rings. The van der Waals surface area contributed by atoms with Crippen molar-refractivity contribution in [2.24, 2.45) is 0 Å². The summed E-state index contributed by atoms with van der Waals surface area (Å²) >= 11 is 0. The molecule has 0 saturated carbocycles. The number of rotatable bonds is 3. The Morgan fingerprint density at radius 2 is 2.00 bits per heavy atom. The number of amides is 1. The number of para-hydroxylation sites is 1. The molecule has 0 bridgehead atoms. The van der Waals surface area contributed by atoms with Crippen LogP contribution in [0.1, 0.15) is 32.3 Å². The van der Waals surface area contributed by atoms with Crippen LogP contribution in [-0.2, 0) is 15.0 Å². The molecule has 1 aliphatic heterocycles. The molecule has 1 aromatic carbocycles. The van der Waals surface area contributed by atoms with Gasteiger partial charge in [0.15, 0.2) is 0 Å². The fraction of sp³-hybridized carbons (Fsp3) is 0.429. The molecule has 0 aromatic heterocycles. The number of carbonyl (C=O) groups excluding carboxylic acids is 2. The molecule has 1 aromatic rings. The number of Topliss-reactive ketones (excluding diaryl/α,β-unsaturated/α-hetero) is 1. The summed E-state index contributed by atoms with van der Waals surface area (Å²) in [5.41, 5.74) is 1.21. The number of likely N-dealkylation sites (N-methyl/N-ethyl adjacent to an activating group) is 1. The summed E-state index contributed by atoms with van der Waals surface area (Å²) < 4.78 is 0. The Labute approximate surface area is 101 Å². The first-order valence-electron chi connectivity index (χ1n) is 5.90. The van der Waals surface area contributed by atoms with Crippen LogP contribution in [0.5, 0.6) is 0 Å². The topological polar surface area (TPSA) is 37.4 Å². The van der Waals surface area contributed by atoms with Crippen molar-refractivity contribution in [2.45, 2.75) is 32.1 Å². The number of hydrogen-bond donors (Lipinski definition) is 0. The Morgan fingerprint density at radius 3 is 2.65 bits per heavy atom. The number of anilines is 1. The van der Waals surface area contributed by atoms with Gasteiger partial charge in [-0.3, -0.25) is 9.59 Å². The average molecular weight is 231 g/mol. The Balaban J connectivity index is 2.48. The molecule has 1 atom stereocenters. The van der Waals surface area contributed by atoms with Crippen LogP contribution in [0.4, 0.5) is 5.69 Å². The van der Waals surface area contributed by atoms with E-state index in [2.05, 4.69) is 0 Å². The SMILES string of the molecule is CCC(=O)CC1(C)C(=O)N(C)c2ccccc21. The van der Waals surface area contributed by atoms with E-state index in [1.54, 1.807) is 11.9 Å². The van der Waals surface area contributed by atoms with Gasteiger partial charge in [0.25, 0.3) is 0 Å². The lowest BCUT2D eigenvalue weighted by Gasteiger charge is -2.22. The molecule has 17 heavy (non-hydrogen) atoms. The van der Waals surface area contributed by atoms with Gasteiger partial charge in [-0.05, 0) is 18.6 Å². The van der Waals surface area contributed by atoms with Gasteiger partial charge < -0.3 is 4.90 Å². The van der Waals surface area contributed by atoms with E-state index in [0.29, 0.717) is 12.8 Å². The zero-order valence-electron chi connectivity index (χ0n) is 10.5. The van der Waals surface area contributed by atoms with Crippen molar-refractivity contribution < 1.29 is 9.59 Å². The molecule has 0 spiro atoms. The molecular formula is C14H17NO2. The van der Waals surface area contributed by atoms with E-state index < -0.39 is 5.41 Å². The molecule has 0 aliphatic carbocycles. The number of ketones is 1. The summed E-state index contributed by atoms with van der Waals surface area (Å²) in [5.74, 6) is 0.145. The van der Waals surface area contributed by atoms with Gasteiger partial charge in [0, 0.05) is 25.6 Å². The second-order valence-corrected chi connectivity index (χ2v) is 4.78. The van der Waals surface area contributed by atoms with Crippen molar-refractivity contribution in [3.05, 3.63) is 29.8 Å². The highest BCUT2D eigenvalue weighted by Crippen LogP contribution is 2.43. The van der Waals surface area contributed by atoms with Gasteiger partial charge in [-0.25, -0.2) is 0 Å². The van der Waals surface area contributed by atoms with Crippen molar-refractivity contribution in [3.8, 4) is 0 Å². The molecule has 0 radical (unpaired) electrons. The molecule has 0 fully saturated rings.